The lowest BCUT2D eigenvalue weighted by Gasteiger charge is -2.18. The molecule has 0 aliphatic carbocycles. The molecule has 114 valence electrons. The number of halogens is 1. The molecule has 0 bridgehead atoms. The number of likely N-dealkylation sites (N-methyl/N-ethyl adjacent to an activating group) is 1. The molecule has 0 radical (unpaired) electrons. The maximum atomic E-state index is 13.8. The van der Waals surface area contributed by atoms with Gasteiger partial charge in [0.2, 0.25) is 0 Å². The molecule has 1 aromatic rings. The van der Waals surface area contributed by atoms with Crippen LogP contribution in [0.25, 0.3) is 0 Å². The van der Waals surface area contributed by atoms with Crippen molar-refractivity contribution in [1.82, 2.24) is 10.2 Å². The molecular weight excluding hydrogens is 271 g/mol. The topological polar surface area (TPSA) is 52.6 Å². The number of benzene rings is 1. The lowest BCUT2D eigenvalue weighted by atomic mass is 10.1. The number of aliphatic hydroxyl groups excluding tert-OH is 1. The summed E-state index contributed by atoms with van der Waals surface area (Å²) in [5.74, 6) is 3.99. The normalized spacial score (nSPS) is 10.1. The maximum absolute atomic E-state index is 13.8. The van der Waals surface area contributed by atoms with Gasteiger partial charge in [0.05, 0.1) is 5.56 Å². The zero-order valence-electron chi connectivity index (χ0n) is 12.4. The highest BCUT2D eigenvalue weighted by Crippen LogP contribution is 2.09. The first-order chi connectivity index (χ1) is 10.1. The fourth-order valence-corrected chi connectivity index (χ4v) is 1.88. The second kappa shape index (κ2) is 9.11. The van der Waals surface area contributed by atoms with Gasteiger partial charge in [-0.15, -0.1) is 0 Å². The van der Waals surface area contributed by atoms with E-state index in [1.165, 1.54) is 12.1 Å². The maximum Gasteiger partial charge on any atom is 0.254 e. The minimum atomic E-state index is -0.611. The van der Waals surface area contributed by atoms with Crippen molar-refractivity contribution in [3.8, 4) is 11.8 Å². The molecule has 0 atom stereocenters. The Labute approximate surface area is 125 Å². The summed E-state index contributed by atoms with van der Waals surface area (Å²) >= 11 is 0. The van der Waals surface area contributed by atoms with E-state index in [1.54, 1.807) is 6.07 Å². The van der Waals surface area contributed by atoms with Gasteiger partial charge >= 0.3 is 0 Å². The first kappa shape index (κ1) is 17.2. The minimum Gasteiger partial charge on any atom is -0.384 e. The Balaban J connectivity index is 2.62. The van der Waals surface area contributed by atoms with Gasteiger partial charge in [0.25, 0.3) is 5.91 Å². The van der Waals surface area contributed by atoms with E-state index >= 15 is 0 Å². The summed E-state index contributed by atoms with van der Waals surface area (Å²) in [6.07, 6.45) is 0. The van der Waals surface area contributed by atoms with Gasteiger partial charge in [0, 0.05) is 18.7 Å². The van der Waals surface area contributed by atoms with Crippen LogP contribution in [-0.4, -0.2) is 48.7 Å². The second-order valence-electron chi connectivity index (χ2n) is 4.44. The first-order valence-corrected chi connectivity index (χ1v) is 7.02. The lowest BCUT2D eigenvalue weighted by Crippen LogP contribution is -2.35. The van der Waals surface area contributed by atoms with Gasteiger partial charge in [-0.25, -0.2) is 4.39 Å². The monoisotopic (exact) mass is 292 g/mol. The summed E-state index contributed by atoms with van der Waals surface area (Å²) in [5, 5.41) is 11.3. The molecule has 0 fully saturated rings. The van der Waals surface area contributed by atoms with E-state index in [-0.39, 0.29) is 12.2 Å². The van der Waals surface area contributed by atoms with E-state index in [2.05, 4.69) is 35.9 Å². The summed E-state index contributed by atoms with van der Waals surface area (Å²) in [4.78, 5) is 14.1. The van der Waals surface area contributed by atoms with Crippen molar-refractivity contribution < 1.29 is 14.3 Å². The van der Waals surface area contributed by atoms with E-state index in [1.807, 2.05) is 0 Å². The standard InChI is InChI=1S/C16H21FN2O2/c1-3-19(4-2)10-9-18-16(21)14-8-7-13(6-5-11-20)12-15(14)17/h7-8,12,20H,3-4,9-11H2,1-2H3,(H,18,21). The van der Waals surface area contributed by atoms with Crippen molar-refractivity contribution in [2.24, 2.45) is 0 Å². The van der Waals surface area contributed by atoms with E-state index in [0.717, 1.165) is 19.6 Å². The lowest BCUT2D eigenvalue weighted by molar-refractivity contribution is 0.0945. The molecule has 0 spiro atoms. The van der Waals surface area contributed by atoms with Crippen LogP contribution in [0.3, 0.4) is 0 Å². The number of nitrogens with one attached hydrogen (secondary N) is 1. The van der Waals surface area contributed by atoms with Gasteiger partial charge in [-0.3, -0.25) is 4.79 Å². The second-order valence-corrected chi connectivity index (χ2v) is 4.44. The van der Waals surface area contributed by atoms with E-state index in [0.29, 0.717) is 12.1 Å². The fraction of sp³-hybridized carbons (Fsp3) is 0.438. The van der Waals surface area contributed by atoms with Crippen LogP contribution in [0, 0.1) is 17.7 Å². The average molecular weight is 292 g/mol. The molecule has 0 aromatic heterocycles. The quantitative estimate of drug-likeness (QED) is 0.776. The van der Waals surface area contributed by atoms with Gasteiger partial charge in [-0.1, -0.05) is 25.7 Å². The third-order valence-corrected chi connectivity index (χ3v) is 3.13. The fourth-order valence-electron chi connectivity index (χ4n) is 1.88. The third kappa shape index (κ3) is 5.54. The van der Waals surface area contributed by atoms with E-state index in [9.17, 15) is 9.18 Å². The molecule has 0 heterocycles. The number of rotatable bonds is 6. The Hall–Kier alpha value is -1.90. The van der Waals surface area contributed by atoms with Crippen LogP contribution in [0.5, 0.6) is 0 Å². The van der Waals surface area contributed by atoms with Crippen LogP contribution < -0.4 is 5.32 Å². The number of aliphatic hydroxyl groups is 1. The third-order valence-electron chi connectivity index (χ3n) is 3.13. The number of hydrogen-bond acceptors (Lipinski definition) is 3. The minimum absolute atomic E-state index is 0.00379. The molecule has 2 N–H and O–H groups in total. The van der Waals surface area contributed by atoms with Crippen molar-refractivity contribution in [1.29, 1.82) is 0 Å². The van der Waals surface area contributed by atoms with Crippen LogP contribution in [-0.2, 0) is 0 Å². The van der Waals surface area contributed by atoms with Crippen molar-refractivity contribution in [3.05, 3.63) is 35.1 Å². The SMILES string of the molecule is CCN(CC)CCNC(=O)c1ccc(C#CCO)cc1F. The Bertz CT molecular complexity index is 531. The average Bonchev–Trinajstić information content (AvgIpc) is 2.49. The molecule has 0 aliphatic heterocycles. The highest BCUT2D eigenvalue weighted by molar-refractivity contribution is 5.94. The zero-order valence-corrected chi connectivity index (χ0v) is 12.4. The van der Waals surface area contributed by atoms with Crippen LogP contribution in [0.1, 0.15) is 29.8 Å². The Kier molecular flexibility index (Phi) is 7.44. The number of amides is 1. The summed E-state index contributed by atoms with van der Waals surface area (Å²) in [5.41, 5.74) is 0.435. The van der Waals surface area contributed by atoms with Gasteiger partial charge in [-0.05, 0) is 31.3 Å². The van der Waals surface area contributed by atoms with Gasteiger partial charge in [-0.2, -0.15) is 0 Å². The van der Waals surface area contributed by atoms with Crippen molar-refractivity contribution in [2.75, 3.05) is 32.8 Å². The Morgan fingerprint density at radius 3 is 2.67 bits per heavy atom. The predicted octanol–water partition coefficient (Wildman–Crippen LogP) is 1.24. The number of carbonyl (C=O) groups is 1. The summed E-state index contributed by atoms with van der Waals surface area (Å²) in [6.45, 7) is 6.87. The molecule has 0 saturated carbocycles. The smallest absolute Gasteiger partial charge is 0.254 e. The molecule has 0 unspecified atom stereocenters. The number of hydrogen-bond donors (Lipinski definition) is 2. The number of nitrogens with zero attached hydrogens (tertiary/aromatic N) is 1. The summed E-state index contributed by atoms with van der Waals surface area (Å²) in [6, 6.07) is 4.16. The molecule has 4 nitrogen and oxygen atoms in total. The van der Waals surface area contributed by atoms with E-state index < -0.39 is 11.7 Å². The van der Waals surface area contributed by atoms with Crippen molar-refractivity contribution >= 4 is 5.91 Å². The molecule has 1 aromatic carbocycles. The molecule has 0 aliphatic rings. The largest absolute Gasteiger partial charge is 0.384 e. The van der Waals surface area contributed by atoms with E-state index in [4.69, 9.17) is 5.11 Å². The van der Waals surface area contributed by atoms with Crippen LogP contribution in [0.2, 0.25) is 0 Å². The molecule has 0 saturated heterocycles. The molecule has 1 amide bonds. The molecule has 5 heteroatoms. The summed E-state index contributed by atoms with van der Waals surface area (Å²) in [7, 11) is 0. The Morgan fingerprint density at radius 1 is 1.38 bits per heavy atom. The predicted molar refractivity (Wildman–Crippen MR) is 80.5 cm³/mol. The number of carbonyl (C=O) groups excluding carboxylic acids is 1. The molecule has 1 rings (SSSR count). The van der Waals surface area contributed by atoms with Crippen molar-refractivity contribution in [2.45, 2.75) is 13.8 Å². The first-order valence-electron chi connectivity index (χ1n) is 7.02. The highest BCUT2D eigenvalue weighted by Gasteiger charge is 2.11. The van der Waals surface area contributed by atoms with Gasteiger partial charge < -0.3 is 15.3 Å². The highest BCUT2D eigenvalue weighted by atomic mass is 19.1. The Morgan fingerprint density at radius 2 is 2.10 bits per heavy atom. The van der Waals surface area contributed by atoms with Crippen LogP contribution in [0.15, 0.2) is 18.2 Å². The van der Waals surface area contributed by atoms with Crippen LogP contribution >= 0.6 is 0 Å². The summed E-state index contributed by atoms with van der Waals surface area (Å²) < 4.78 is 13.8. The molecular formula is C16H21FN2O2. The van der Waals surface area contributed by atoms with Crippen LogP contribution in [0.4, 0.5) is 4.39 Å². The van der Waals surface area contributed by atoms with Gasteiger partial charge in [0.1, 0.15) is 12.4 Å². The van der Waals surface area contributed by atoms with Gasteiger partial charge in [0.15, 0.2) is 0 Å². The van der Waals surface area contributed by atoms with Crippen molar-refractivity contribution in [3.63, 3.8) is 0 Å². The molecule has 21 heavy (non-hydrogen) atoms. The zero-order chi connectivity index (χ0) is 15.7.